The van der Waals surface area contributed by atoms with E-state index < -0.39 is 0 Å². The highest BCUT2D eigenvalue weighted by Crippen LogP contribution is 2.24. The van der Waals surface area contributed by atoms with E-state index >= 15 is 0 Å². The molecule has 0 spiro atoms. The van der Waals surface area contributed by atoms with Crippen molar-refractivity contribution in [2.24, 2.45) is 0 Å². The number of aromatic nitrogens is 2. The van der Waals surface area contributed by atoms with Gasteiger partial charge in [-0.15, -0.1) is 0 Å². The Hall–Kier alpha value is -1.84. The van der Waals surface area contributed by atoms with Crippen molar-refractivity contribution in [3.63, 3.8) is 0 Å². The van der Waals surface area contributed by atoms with Crippen molar-refractivity contribution in [3.05, 3.63) is 29.6 Å². The van der Waals surface area contributed by atoms with Gasteiger partial charge in [0.25, 0.3) is 5.89 Å². The largest absolute Gasteiger partial charge is 0.508 e. The molecule has 1 N–H and O–H groups in total. The number of nitrogens with zero attached hydrogens (tertiary/aromatic N) is 2. The minimum absolute atomic E-state index is 0.242. The van der Waals surface area contributed by atoms with Crippen LogP contribution in [0.2, 0.25) is 0 Å². The number of aromatic hydroxyl groups is 1. The Morgan fingerprint density at radius 3 is 2.80 bits per heavy atom. The monoisotopic (exact) mass is 204 g/mol. The van der Waals surface area contributed by atoms with Crippen molar-refractivity contribution in [2.75, 3.05) is 0 Å². The van der Waals surface area contributed by atoms with Gasteiger partial charge < -0.3 is 9.63 Å². The maximum Gasteiger partial charge on any atom is 0.258 e. The SMILES string of the molecule is CCc1noc(-c2ccc(O)cc2C)n1. The standard InChI is InChI=1S/C11H12N2O2/c1-3-10-12-11(15-13-10)9-5-4-8(14)6-7(9)2/h4-6,14H,3H2,1-2H3. The second kappa shape index (κ2) is 3.73. The summed E-state index contributed by atoms with van der Waals surface area (Å²) in [4.78, 5) is 4.23. The van der Waals surface area contributed by atoms with Crippen LogP contribution in [0.25, 0.3) is 11.5 Å². The fraction of sp³-hybridized carbons (Fsp3) is 0.273. The van der Waals surface area contributed by atoms with Gasteiger partial charge in [0.05, 0.1) is 0 Å². The first kappa shape index (κ1) is 9.71. The average Bonchev–Trinajstić information content (AvgIpc) is 2.66. The maximum atomic E-state index is 9.27. The van der Waals surface area contributed by atoms with Crippen molar-refractivity contribution in [2.45, 2.75) is 20.3 Å². The normalized spacial score (nSPS) is 10.5. The van der Waals surface area contributed by atoms with E-state index in [0.717, 1.165) is 17.5 Å². The molecule has 0 unspecified atom stereocenters. The molecule has 2 rings (SSSR count). The lowest BCUT2D eigenvalue weighted by Crippen LogP contribution is -1.85. The first-order chi connectivity index (χ1) is 7.20. The molecule has 1 heterocycles. The van der Waals surface area contributed by atoms with Crippen molar-refractivity contribution >= 4 is 0 Å². The summed E-state index contributed by atoms with van der Waals surface area (Å²) in [7, 11) is 0. The molecule has 0 aliphatic heterocycles. The molecule has 0 aliphatic carbocycles. The molecule has 0 saturated heterocycles. The zero-order valence-corrected chi connectivity index (χ0v) is 8.69. The minimum Gasteiger partial charge on any atom is -0.508 e. The Kier molecular flexibility index (Phi) is 2.41. The van der Waals surface area contributed by atoms with Crippen LogP contribution in [0, 0.1) is 6.92 Å². The van der Waals surface area contributed by atoms with Crippen LogP contribution in [0.5, 0.6) is 5.75 Å². The van der Waals surface area contributed by atoms with Gasteiger partial charge in [0.1, 0.15) is 5.75 Å². The van der Waals surface area contributed by atoms with Crippen molar-refractivity contribution < 1.29 is 9.63 Å². The third-order valence-corrected chi connectivity index (χ3v) is 2.22. The summed E-state index contributed by atoms with van der Waals surface area (Å²) in [6.07, 6.45) is 0.751. The van der Waals surface area contributed by atoms with E-state index in [1.165, 1.54) is 0 Å². The minimum atomic E-state index is 0.242. The highest BCUT2D eigenvalue weighted by atomic mass is 16.5. The van der Waals surface area contributed by atoms with Gasteiger partial charge in [-0.2, -0.15) is 4.98 Å². The lowest BCUT2D eigenvalue weighted by atomic mass is 10.1. The summed E-state index contributed by atoms with van der Waals surface area (Å²) in [6, 6.07) is 5.06. The van der Waals surface area contributed by atoms with Crippen molar-refractivity contribution in [1.82, 2.24) is 10.1 Å². The fourth-order valence-electron chi connectivity index (χ4n) is 1.39. The molecule has 4 nitrogen and oxygen atoms in total. The topological polar surface area (TPSA) is 59.2 Å². The summed E-state index contributed by atoms with van der Waals surface area (Å²) in [5, 5.41) is 13.1. The molecule has 1 aromatic carbocycles. The van der Waals surface area contributed by atoms with Crippen molar-refractivity contribution in [3.8, 4) is 17.2 Å². The molecule has 78 valence electrons. The highest BCUT2D eigenvalue weighted by Gasteiger charge is 2.10. The molecule has 0 aliphatic rings. The van der Waals surface area contributed by atoms with E-state index in [1.54, 1.807) is 18.2 Å². The average molecular weight is 204 g/mol. The molecule has 2 aromatic rings. The number of phenolic OH excluding ortho intramolecular Hbond substituents is 1. The number of aryl methyl sites for hydroxylation is 2. The summed E-state index contributed by atoms with van der Waals surface area (Å²) >= 11 is 0. The van der Waals surface area contributed by atoms with Gasteiger partial charge in [0, 0.05) is 12.0 Å². The smallest absolute Gasteiger partial charge is 0.258 e. The summed E-state index contributed by atoms with van der Waals surface area (Å²) < 4.78 is 5.12. The summed E-state index contributed by atoms with van der Waals surface area (Å²) in [5.74, 6) is 1.44. The van der Waals surface area contributed by atoms with Crippen LogP contribution in [-0.4, -0.2) is 15.2 Å². The third kappa shape index (κ3) is 1.83. The molecule has 0 bridgehead atoms. The molecule has 0 fully saturated rings. The molecule has 0 atom stereocenters. The van der Waals surface area contributed by atoms with E-state index in [-0.39, 0.29) is 5.75 Å². The Bertz CT molecular complexity index is 477. The van der Waals surface area contributed by atoms with Crippen LogP contribution in [0.3, 0.4) is 0 Å². The zero-order chi connectivity index (χ0) is 10.8. The van der Waals surface area contributed by atoms with Crippen LogP contribution < -0.4 is 0 Å². The summed E-state index contributed by atoms with van der Waals surface area (Å²) in [5.41, 5.74) is 1.78. The van der Waals surface area contributed by atoms with E-state index in [9.17, 15) is 5.11 Å². The number of rotatable bonds is 2. The van der Waals surface area contributed by atoms with Gasteiger partial charge in [0.15, 0.2) is 5.82 Å². The fourth-order valence-corrected chi connectivity index (χ4v) is 1.39. The molecular weight excluding hydrogens is 192 g/mol. The molecule has 0 amide bonds. The first-order valence-electron chi connectivity index (χ1n) is 4.83. The predicted molar refractivity (Wildman–Crippen MR) is 55.5 cm³/mol. The zero-order valence-electron chi connectivity index (χ0n) is 8.69. The predicted octanol–water partition coefficient (Wildman–Crippen LogP) is 2.31. The number of benzene rings is 1. The van der Waals surface area contributed by atoms with Gasteiger partial charge in [-0.05, 0) is 30.7 Å². The van der Waals surface area contributed by atoms with Crippen LogP contribution in [0.1, 0.15) is 18.3 Å². The Morgan fingerprint density at radius 2 is 2.20 bits per heavy atom. The molecule has 0 saturated carbocycles. The number of phenols is 1. The lowest BCUT2D eigenvalue weighted by Gasteiger charge is -2.00. The Balaban J connectivity index is 2.44. The van der Waals surface area contributed by atoms with Gasteiger partial charge >= 0.3 is 0 Å². The van der Waals surface area contributed by atoms with Crippen LogP contribution in [0.4, 0.5) is 0 Å². The van der Waals surface area contributed by atoms with Gasteiger partial charge in [-0.25, -0.2) is 0 Å². The Labute approximate surface area is 87.6 Å². The van der Waals surface area contributed by atoms with Crippen LogP contribution >= 0.6 is 0 Å². The molecule has 1 aromatic heterocycles. The van der Waals surface area contributed by atoms with Crippen LogP contribution in [-0.2, 0) is 6.42 Å². The maximum absolute atomic E-state index is 9.27. The quantitative estimate of drug-likeness (QED) is 0.815. The van der Waals surface area contributed by atoms with E-state index in [0.29, 0.717) is 11.7 Å². The third-order valence-electron chi connectivity index (χ3n) is 2.22. The van der Waals surface area contributed by atoms with E-state index in [4.69, 9.17) is 4.52 Å². The summed E-state index contributed by atoms with van der Waals surface area (Å²) in [6.45, 7) is 3.86. The van der Waals surface area contributed by atoms with Crippen LogP contribution in [0.15, 0.2) is 22.7 Å². The van der Waals surface area contributed by atoms with Crippen molar-refractivity contribution in [1.29, 1.82) is 0 Å². The van der Waals surface area contributed by atoms with Gasteiger partial charge in [0.2, 0.25) is 0 Å². The molecule has 4 heteroatoms. The van der Waals surface area contributed by atoms with Gasteiger partial charge in [-0.3, -0.25) is 0 Å². The Morgan fingerprint density at radius 1 is 1.40 bits per heavy atom. The second-order valence-electron chi connectivity index (χ2n) is 3.37. The molecular formula is C11H12N2O2. The first-order valence-corrected chi connectivity index (χ1v) is 4.83. The number of hydrogen-bond acceptors (Lipinski definition) is 4. The van der Waals surface area contributed by atoms with E-state index in [2.05, 4.69) is 10.1 Å². The lowest BCUT2D eigenvalue weighted by molar-refractivity contribution is 0.423. The second-order valence-corrected chi connectivity index (χ2v) is 3.37. The molecule has 0 radical (unpaired) electrons. The van der Waals surface area contributed by atoms with E-state index in [1.807, 2.05) is 13.8 Å². The molecule has 15 heavy (non-hydrogen) atoms. The number of hydrogen-bond donors (Lipinski definition) is 1. The highest BCUT2D eigenvalue weighted by molar-refractivity contribution is 5.59. The van der Waals surface area contributed by atoms with Gasteiger partial charge in [-0.1, -0.05) is 12.1 Å².